The highest BCUT2D eigenvalue weighted by Crippen LogP contribution is 2.20. The third kappa shape index (κ3) is 4.55. The van der Waals surface area contributed by atoms with E-state index >= 15 is 0 Å². The summed E-state index contributed by atoms with van der Waals surface area (Å²) in [5.74, 6) is -1.000. The number of hydrogen-bond donors (Lipinski definition) is 0. The summed E-state index contributed by atoms with van der Waals surface area (Å²) in [4.78, 5) is 35.7. The van der Waals surface area contributed by atoms with Gasteiger partial charge in [-0.3, -0.25) is 4.79 Å². The minimum atomic E-state index is -3.12. The minimum absolute atomic E-state index is 0.0463. The third-order valence-corrected chi connectivity index (χ3v) is 6.97. The van der Waals surface area contributed by atoms with Crippen LogP contribution < -0.4 is 0 Å². The van der Waals surface area contributed by atoms with Gasteiger partial charge >= 0.3 is 5.97 Å². The summed E-state index contributed by atoms with van der Waals surface area (Å²) >= 11 is 0. The van der Waals surface area contributed by atoms with Gasteiger partial charge in [-0.25, -0.2) is 23.2 Å². The number of carbonyl (C=O) groups is 2. The van der Waals surface area contributed by atoms with Gasteiger partial charge in [-0.15, -0.1) is 0 Å². The number of fused-ring (bicyclic) bond motifs is 1. The normalized spacial score (nSPS) is 19.1. The number of rotatable bonds is 5. The second-order valence-corrected chi connectivity index (χ2v) is 9.56. The quantitative estimate of drug-likeness (QED) is 0.681. The van der Waals surface area contributed by atoms with E-state index in [9.17, 15) is 18.0 Å². The molecule has 0 bridgehead atoms. The number of esters is 1. The number of carbonyl (C=O) groups excluding carboxylic acids is 2. The van der Waals surface area contributed by atoms with E-state index in [1.165, 1.54) is 11.8 Å². The molecule has 0 spiro atoms. The summed E-state index contributed by atoms with van der Waals surface area (Å²) in [5.41, 5.74) is 3.12. The van der Waals surface area contributed by atoms with Crippen LogP contribution in [0.3, 0.4) is 0 Å². The summed E-state index contributed by atoms with van der Waals surface area (Å²) in [5, 5.41) is 0. The van der Waals surface area contributed by atoms with Crippen molar-refractivity contribution in [3.63, 3.8) is 0 Å². The van der Waals surface area contributed by atoms with Crippen LogP contribution in [0.5, 0.6) is 0 Å². The van der Waals surface area contributed by atoms with Gasteiger partial charge in [0.15, 0.2) is 15.9 Å². The van der Waals surface area contributed by atoms with Crippen molar-refractivity contribution < 1.29 is 22.7 Å². The molecule has 0 aliphatic carbocycles. The molecule has 29 heavy (non-hydrogen) atoms. The number of aryl methyl sites for hydroxylation is 2. The smallest absolute Gasteiger partial charge is 0.338 e. The molecule has 0 radical (unpaired) electrons. The Labute approximate surface area is 170 Å². The second-order valence-electron chi connectivity index (χ2n) is 7.33. The fourth-order valence-corrected chi connectivity index (χ4v) is 5.22. The number of benzene rings is 1. The van der Waals surface area contributed by atoms with Gasteiger partial charge in [0.2, 0.25) is 0 Å². The minimum Gasteiger partial charge on any atom is -0.449 e. The zero-order valence-electron chi connectivity index (χ0n) is 17.0. The third-order valence-electron chi connectivity index (χ3n) is 5.22. The maximum atomic E-state index is 12.8. The van der Waals surface area contributed by atoms with Crippen LogP contribution in [0, 0.1) is 13.8 Å². The number of nitrogens with zero attached hydrogens (tertiary/aromatic N) is 3. The van der Waals surface area contributed by atoms with Crippen LogP contribution in [0.1, 0.15) is 42.0 Å². The van der Waals surface area contributed by atoms with Crippen molar-refractivity contribution in [3.8, 4) is 0 Å². The first-order valence-electron chi connectivity index (χ1n) is 9.58. The van der Waals surface area contributed by atoms with Crippen LogP contribution in [-0.2, 0) is 19.4 Å². The number of likely N-dealkylation sites (N-methyl/N-ethyl adjacent to an activating group) is 1. The molecule has 8 nitrogen and oxygen atoms in total. The Morgan fingerprint density at radius 2 is 1.86 bits per heavy atom. The lowest BCUT2D eigenvalue weighted by Crippen LogP contribution is -2.46. The van der Waals surface area contributed by atoms with Crippen molar-refractivity contribution in [2.75, 3.05) is 18.1 Å². The van der Waals surface area contributed by atoms with Gasteiger partial charge in [0.05, 0.1) is 39.5 Å². The van der Waals surface area contributed by atoms with Gasteiger partial charge < -0.3 is 9.64 Å². The lowest BCUT2D eigenvalue weighted by molar-refractivity contribution is -0.141. The Kier molecular flexibility index (Phi) is 5.88. The van der Waals surface area contributed by atoms with Crippen molar-refractivity contribution in [2.45, 2.75) is 46.3 Å². The molecule has 1 aromatic carbocycles. The summed E-state index contributed by atoms with van der Waals surface area (Å²) in [6.45, 7) is 7.35. The van der Waals surface area contributed by atoms with Crippen molar-refractivity contribution in [1.29, 1.82) is 0 Å². The molecule has 1 aliphatic rings. The standard InChI is InChI=1S/C20H25N3O5S/c1-5-23(16-8-9-29(26,27)11-16)19(24)14(4)28-20(25)15-6-7-17-18(10-15)22-13(3)12(2)21-17/h6-7,10,14,16H,5,8-9,11H2,1-4H3/t14-,16+/m1/s1. The van der Waals surface area contributed by atoms with E-state index in [-0.39, 0.29) is 23.1 Å². The Morgan fingerprint density at radius 1 is 1.21 bits per heavy atom. The molecule has 1 saturated heterocycles. The van der Waals surface area contributed by atoms with Crippen molar-refractivity contribution in [1.82, 2.24) is 14.9 Å². The maximum Gasteiger partial charge on any atom is 0.338 e. The fraction of sp³-hybridized carbons (Fsp3) is 0.500. The highest BCUT2D eigenvalue weighted by molar-refractivity contribution is 7.91. The largest absolute Gasteiger partial charge is 0.449 e. The summed E-state index contributed by atoms with van der Waals surface area (Å²) in [6, 6.07) is 4.50. The molecule has 3 rings (SSSR count). The van der Waals surface area contributed by atoms with E-state index in [0.29, 0.717) is 24.0 Å². The number of hydrogen-bond acceptors (Lipinski definition) is 7. The first-order valence-corrected chi connectivity index (χ1v) is 11.4. The molecule has 0 saturated carbocycles. The van der Waals surface area contributed by atoms with Gasteiger partial charge in [-0.2, -0.15) is 0 Å². The number of ether oxygens (including phenoxy) is 1. The van der Waals surface area contributed by atoms with E-state index in [2.05, 4.69) is 9.97 Å². The average Bonchev–Trinajstić information content (AvgIpc) is 3.02. The zero-order valence-corrected chi connectivity index (χ0v) is 17.8. The molecule has 156 valence electrons. The van der Waals surface area contributed by atoms with Crippen molar-refractivity contribution >= 4 is 32.7 Å². The van der Waals surface area contributed by atoms with Crippen molar-refractivity contribution in [2.24, 2.45) is 0 Å². The van der Waals surface area contributed by atoms with Crippen molar-refractivity contribution in [3.05, 3.63) is 35.2 Å². The Balaban J connectivity index is 1.73. The van der Waals surface area contributed by atoms with E-state index in [4.69, 9.17) is 4.74 Å². The Hall–Kier alpha value is -2.55. The first-order chi connectivity index (χ1) is 13.6. The summed E-state index contributed by atoms with van der Waals surface area (Å²) < 4.78 is 28.8. The van der Waals surface area contributed by atoms with Crippen LogP contribution in [0.25, 0.3) is 11.0 Å². The molecule has 2 heterocycles. The second kappa shape index (κ2) is 8.06. The van der Waals surface area contributed by atoms with Gasteiger partial charge in [-0.1, -0.05) is 0 Å². The summed E-state index contributed by atoms with van der Waals surface area (Å²) in [6.07, 6.45) is -0.614. The molecule has 2 aromatic rings. The predicted octanol–water partition coefficient (Wildman–Crippen LogP) is 1.83. The van der Waals surface area contributed by atoms with Crippen LogP contribution >= 0.6 is 0 Å². The first kappa shape index (κ1) is 21.2. The highest BCUT2D eigenvalue weighted by Gasteiger charge is 2.36. The van der Waals surface area contributed by atoms with Gasteiger partial charge in [0, 0.05) is 12.6 Å². The van der Waals surface area contributed by atoms with E-state index in [0.717, 1.165) is 11.4 Å². The van der Waals surface area contributed by atoms with Crippen LogP contribution in [0.15, 0.2) is 18.2 Å². The summed E-state index contributed by atoms with van der Waals surface area (Å²) in [7, 11) is -3.12. The lowest BCUT2D eigenvalue weighted by atomic mass is 10.1. The molecule has 2 atom stereocenters. The molecule has 1 amide bonds. The van der Waals surface area contributed by atoms with Crippen LogP contribution in [0.4, 0.5) is 0 Å². The van der Waals surface area contributed by atoms with E-state index < -0.39 is 27.8 Å². The van der Waals surface area contributed by atoms with Gasteiger partial charge in [0.1, 0.15) is 0 Å². The molecule has 0 unspecified atom stereocenters. The molecule has 0 N–H and O–H groups in total. The molecule has 1 aliphatic heterocycles. The fourth-order valence-electron chi connectivity index (χ4n) is 3.49. The molecular weight excluding hydrogens is 394 g/mol. The van der Waals surface area contributed by atoms with Crippen LogP contribution in [0.2, 0.25) is 0 Å². The molecule has 1 aromatic heterocycles. The zero-order chi connectivity index (χ0) is 21.3. The predicted molar refractivity (Wildman–Crippen MR) is 108 cm³/mol. The van der Waals surface area contributed by atoms with Gasteiger partial charge in [0.25, 0.3) is 5.91 Å². The number of sulfone groups is 1. The Morgan fingerprint density at radius 3 is 2.45 bits per heavy atom. The van der Waals surface area contributed by atoms with Gasteiger partial charge in [-0.05, 0) is 52.3 Å². The maximum absolute atomic E-state index is 12.8. The van der Waals surface area contributed by atoms with Crippen LogP contribution in [-0.4, -0.2) is 65.4 Å². The number of amides is 1. The SMILES string of the molecule is CCN(C(=O)[C@@H](C)OC(=O)c1ccc2nc(C)c(C)nc2c1)[C@H]1CCS(=O)(=O)C1. The molecule has 9 heteroatoms. The molecular formula is C20H25N3O5S. The monoisotopic (exact) mass is 419 g/mol. The average molecular weight is 420 g/mol. The van der Waals surface area contributed by atoms with E-state index in [1.54, 1.807) is 25.1 Å². The topological polar surface area (TPSA) is 107 Å². The highest BCUT2D eigenvalue weighted by atomic mass is 32.2. The lowest BCUT2D eigenvalue weighted by Gasteiger charge is -2.29. The molecule has 1 fully saturated rings. The Bertz CT molecular complexity index is 1070. The van der Waals surface area contributed by atoms with E-state index in [1.807, 2.05) is 13.8 Å². The number of aromatic nitrogens is 2.